The molecule has 0 fully saturated rings. The maximum atomic E-state index is 12.4. The number of amides is 1. The number of hydrogen-bond donors (Lipinski definition) is 0. The van der Waals surface area contributed by atoms with Gasteiger partial charge in [-0.3, -0.25) is 4.79 Å². The number of carbonyl (C=O) groups is 1. The van der Waals surface area contributed by atoms with Crippen molar-refractivity contribution in [1.29, 1.82) is 0 Å². The first-order valence-electron chi connectivity index (χ1n) is 8.07. The van der Waals surface area contributed by atoms with Crippen molar-refractivity contribution in [2.45, 2.75) is 57.7 Å². The van der Waals surface area contributed by atoms with E-state index in [0.717, 1.165) is 37.9 Å². The van der Waals surface area contributed by atoms with Crippen LogP contribution in [0.5, 0.6) is 0 Å². The Kier molecular flexibility index (Phi) is 5.86. The number of halogens is 1. The summed E-state index contributed by atoms with van der Waals surface area (Å²) in [6.07, 6.45) is 5.00. The average molecular weight is 352 g/mol. The Morgan fingerprint density at radius 2 is 2.14 bits per heavy atom. The predicted molar refractivity (Wildman–Crippen MR) is 93.3 cm³/mol. The van der Waals surface area contributed by atoms with E-state index in [-0.39, 0.29) is 5.91 Å². The van der Waals surface area contributed by atoms with E-state index in [1.165, 1.54) is 11.1 Å². The molecule has 1 atom stereocenters. The minimum absolute atomic E-state index is 0.269. The number of rotatable bonds is 5. The summed E-state index contributed by atoms with van der Waals surface area (Å²) in [5.74, 6) is 0.687. The lowest BCUT2D eigenvalue weighted by Gasteiger charge is -2.30. The summed E-state index contributed by atoms with van der Waals surface area (Å²) >= 11 is 3.71. The number of hydrogen-bond acceptors (Lipinski definition) is 1. The van der Waals surface area contributed by atoms with Crippen molar-refractivity contribution in [3.05, 3.63) is 29.3 Å². The molecule has 0 radical (unpaired) electrons. The van der Waals surface area contributed by atoms with E-state index in [2.05, 4.69) is 54.9 Å². The van der Waals surface area contributed by atoms with Crippen molar-refractivity contribution in [1.82, 2.24) is 0 Å². The van der Waals surface area contributed by atoms with E-state index in [4.69, 9.17) is 0 Å². The zero-order valence-electron chi connectivity index (χ0n) is 13.4. The molecule has 0 N–H and O–H groups in total. The van der Waals surface area contributed by atoms with E-state index < -0.39 is 0 Å². The van der Waals surface area contributed by atoms with Gasteiger partial charge in [-0.1, -0.05) is 48.8 Å². The number of carbonyl (C=O) groups excluding carboxylic acids is 1. The minimum Gasteiger partial charge on any atom is -0.312 e. The molecule has 116 valence electrons. The molecule has 2 nitrogen and oxygen atoms in total. The molecular formula is C18H26BrNO. The average Bonchev–Trinajstić information content (AvgIpc) is 2.45. The van der Waals surface area contributed by atoms with Gasteiger partial charge in [0.15, 0.2) is 0 Å². The zero-order valence-corrected chi connectivity index (χ0v) is 14.9. The van der Waals surface area contributed by atoms with E-state index in [1.54, 1.807) is 0 Å². The Bertz CT molecular complexity index is 498. The van der Waals surface area contributed by atoms with E-state index in [1.807, 2.05) is 4.90 Å². The van der Waals surface area contributed by atoms with Crippen molar-refractivity contribution in [3.63, 3.8) is 0 Å². The third kappa shape index (κ3) is 4.32. The van der Waals surface area contributed by atoms with Crippen LogP contribution in [0.15, 0.2) is 18.2 Å². The lowest BCUT2D eigenvalue weighted by Crippen LogP contribution is -2.36. The highest BCUT2D eigenvalue weighted by molar-refractivity contribution is 9.09. The van der Waals surface area contributed by atoms with Gasteiger partial charge in [0.25, 0.3) is 0 Å². The number of nitrogens with zero attached hydrogens (tertiary/aromatic N) is 1. The van der Waals surface area contributed by atoms with Crippen LogP contribution < -0.4 is 4.90 Å². The fraction of sp³-hybridized carbons (Fsp3) is 0.611. The number of benzene rings is 1. The number of fused-ring (bicyclic) bond motifs is 1. The highest BCUT2D eigenvalue weighted by Gasteiger charge is 2.23. The fourth-order valence-corrected chi connectivity index (χ4v) is 3.27. The molecule has 1 amide bonds. The standard InChI is InChI=1S/C18H26BrNO/c1-4-16(19)12-14-7-8-17-15(11-14)6-5-9-20(17)18(21)10-13(2)3/h7-8,11,13,16H,4-6,9-10,12H2,1-3H3. The molecule has 0 aromatic heterocycles. The smallest absolute Gasteiger partial charge is 0.227 e. The molecule has 0 saturated carbocycles. The summed E-state index contributed by atoms with van der Waals surface area (Å²) in [4.78, 5) is 14.9. The second kappa shape index (κ2) is 7.44. The van der Waals surface area contributed by atoms with Gasteiger partial charge in [-0.2, -0.15) is 0 Å². The molecule has 1 unspecified atom stereocenters. The van der Waals surface area contributed by atoms with Crippen LogP contribution >= 0.6 is 15.9 Å². The highest BCUT2D eigenvalue weighted by atomic mass is 79.9. The van der Waals surface area contributed by atoms with Gasteiger partial charge in [0.05, 0.1) is 0 Å². The van der Waals surface area contributed by atoms with Gasteiger partial charge < -0.3 is 4.90 Å². The second-order valence-electron chi connectivity index (χ2n) is 6.42. The van der Waals surface area contributed by atoms with Crippen LogP contribution in [0, 0.1) is 5.92 Å². The van der Waals surface area contributed by atoms with Crippen LogP contribution in [-0.2, 0) is 17.6 Å². The Labute approximate surface area is 137 Å². The number of aryl methyl sites for hydroxylation is 1. The van der Waals surface area contributed by atoms with Crippen molar-refractivity contribution in [2.75, 3.05) is 11.4 Å². The summed E-state index contributed by atoms with van der Waals surface area (Å²) in [6, 6.07) is 6.63. The maximum Gasteiger partial charge on any atom is 0.227 e. The Balaban J connectivity index is 2.18. The largest absolute Gasteiger partial charge is 0.312 e. The van der Waals surface area contributed by atoms with Gasteiger partial charge in [0, 0.05) is 23.5 Å². The normalized spacial score (nSPS) is 16.0. The summed E-state index contributed by atoms with van der Waals surface area (Å²) < 4.78 is 0. The van der Waals surface area contributed by atoms with E-state index in [9.17, 15) is 4.79 Å². The van der Waals surface area contributed by atoms with Gasteiger partial charge >= 0.3 is 0 Å². The molecule has 1 aliphatic heterocycles. The van der Waals surface area contributed by atoms with Crippen LogP contribution in [0.1, 0.15) is 51.2 Å². The van der Waals surface area contributed by atoms with Gasteiger partial charge in [0.2, 0.25) is 5.91 Å². The highest BCUT2D eigenvalue weighted by Crippen LogP contribution is 2.30. The Morgan fingerprint density at radius 1 is 1.38 bits per heavy atom. The first-order valence-corrected chi connectivity index (χ1v) is 8.99. The van der Waals surface area contributed by atoms with Crippen LogP contribution in [0.25, 0.3) is 0 Å². The van der Waals surface area contributed by atoms with Gasteiger partial charge in [-0.25, -0.2) is 0 Å². The first kappa shape index (κ1) is 16.5. The molecule has 1 aliphatic rings. The quantitative estimate of drug-likeness (QED) is 0.702. The Morgan fingerprint density at radius 3 is 2.81 bits per heavy atom. The summed E-state index contributed by atoms with van der Waals surface area (Å²) in [6.45, 7) is 7.28. The third-order valence-electron chi connectivity index (χ3n) is 4.05. The van der Waals surface area contributed by atoms with Gasteiger partial charge in [0.1, 0.15) is 0 Å². The van der Waals surface area contributed by atoms with Crippen LogP contribution in [0.2, 0.25) is 0 Å². The molecule has 0 saturated heterocycles. The molecule has 0 aliphatic carbocycles. The Hall–Kier alpha value is -0.830. The van der Waals surface area contributed by atoms with E-state index in [0.29, 0.717) is 17.2 Å². The van der Waals surface area contributed by atoms with Crippen molar-refractivity contribution >= 4 is 27.5 Å². The van der Waals surface area contributed by atoms with Crippen molar-refractivity contribution in [2.24, 2.45) is 5.92 Å². The lowest BCUT2D eigenvalue weighted by atomic mass is 9.96. The monoisotopic (exact) mass is 351 g/mol. The molecule has 1 aromatic carbocycles. The number of anilines is 1. The SMILES string of the molecule is CCC(Br)Cc1ccc2c(c1)CCCN2C(=O)CC(C)C. The molecular weight excluding hydrogens is 326 g/mol. The molecule has 1 heterocycles. The summed E-state index contributed by atoms with van der Waals surface area (Å²) in [5.41, 5.74) is 3.85. The van der Waals surface area contributed by atoms with Gasteiger partial charge in [-0.15, -0.1) is 0 Å². The second-order valence-corrected chi connectivity index (χ2v) is 7.71. The van der Waals surface area contributed by atoms with Crippen LogP contribution in [0.4, 0.5) is 5.69 Å². The topological polar surface area (TPSA) is 20.3 Å². The van der Waals surface area contributed by atoms with Crippen LogP contribution in [0.3, 0.4) is 0 Å². The summed E-state index contributed by atoms with van der Waals surface area (Å²) in [5, 5.41) is 0. The lowest BCUT2D eigenvalue weighted by molar-refractivity contribution is -0.119. The minimum atomic E-state index is 0.269. The zero-order chi connectivity index (χ0) is 15.4. The van der Waals surface area contributed by atoms with Crippen molar-refractivity contribution < 1.29 is 4.79 Å². The molecule has 0 bridgehead atoms. The first-order chi connectivity index (χ1) is 10.0. The molecule has 21 heavy (non-hydrogen) atoms. The van der Waals surface area contributed by atoms with Crippen molar-refractivity contribution in [3.8, 4) is 0 Å². The molecule has 1 aromatic rings. The molecule has 0 spiro atoms. The molecule has 2 rings (SSSR count). The fourth-order valence-electron chi connectivity index (χ4n) is 2.90. The van der Waals surface area contributed by atoms with Gasteiger partial charge in [-0.05, 0) is 48.8 Å². The summed E-state index contributed by atoms with van der Waals surface area (Å²) in [7, 11) is 0. The maximum absolute atomic E-state index is 12.4. The van der Waals surface area contributed by atoms with Crippen LogP contribution in [-0.4, -0.2) is 17.3 Å². The molecule has 3 heteroatoms. The third-order valence-corrected chi connectivity index (χ3v) is 5.02. The van der Waals surface area contributed by atoms with E-state index >= 15 is 0 Å². The predicted octanol–water partition coefficient (Wildman–Crippen LogP) is 4.73. The number of alkyl halides is 1.